The summed E-state index contributed by atoms with van der Waals surface area (Å²) in [6.07, 6.45) is -5.08. The van der Waals surface area contributed by atoms with Gasteiger partial charge >= 0.3 is 12.1 Å². The average molecular weight is 569 g/mol. The third kappa shape index (κ3) is 7.15. The Labute approximate surface area is 221 Å². The van der Waals surface area contributed by atoms with Gasteiger partial charge in [0.2, 0.25) is 0 Å². The van der Waals surface area contributed by atoms with Crippen LogP contribution in [0, 0.1) is 17.1 Å². The lowest BCUT2D eigenvalue weighted by atomic mass is 10.2. The van der Waals surface area contributed by atoms with Crippen molar-refractivity contribution in [1.82, 2.24) is 5.32 Å². The van der Waals surface area contributed by atoms with Gasteiger partial charge in [-0.1, -0.05) is 47.5 Å². The quantitative estimate of drug-likeness (QED) is 0.248. The van der Waals surface area contributed by atoms with E-state index in [0.717, 1.165) is 5.39 Å². The fourth-order valence-electron chi connectivity index (χ4n) is 2.96. The van der Waals surface area contributed by atoms with Crippen LogP contribution in [0.5, 0.6) is 11.5 Å². The molecular weight excluding hydrogens is 555 g/mol. The number of alkyl halides is 3. The fourth-order valence-corrected chi connectivity index (χ4v) is 3.37. The molecule has 13 heteroatoms. The van der Waals surface area contributed by atoms with E-state index < -0.39 is 23.9 Å². The summed E-state index contributed by atoms with van der Waals surface area (Å²) < 4.78 is 57.9. The van der Waals surface area contributed by atoms with Gasteiger partial charge in [-0.25, -0.2) is 9.18 Å². The number of rotatable bonds is 5. The number of carbonyl (C=O) groups excluding carboxylic acids is 1. The maximum Gasteiger partial charge on any atom is 0.490 e. The number of para-hydroxylation sites is 1. The number of benzene rings is 3. The van der Waals surface area contributed by atoms with Crippen molar-refractivity contribution in [3.8, 4) is 17.6 Å². The van der Waals surface area contributed by atoms with E-state index in [9.17, 15) is 18.0 Å². The predicted molar refractivity (Wildman–Crippen MR) is 129 cm³/mol. The second-order valence-corrected chi connectivity index (χ2v) is 8.22. The third-order valence-electron chi connectivity index (χ3n) is 4.68. The number of nitrogens with one attached hydrogen (secondary N) is 1. The van der Waals surface area contributed by atoms with Crippen LogP contribution in [0.3, 0.4) is 0 Å². The van der Waals surface area contributed by atoms with E-state index in [2.05, 4.69) is 5.32 Å². The number of hydrogen-bond acceptors (Lipinski definition) is 5. The molecule has 0 aliphatic carbocycles. The molecule has 0 saturated heterocycles. The molecule has 0 radical (unpaired) electrons. The highest BCUT2D eigenvalue weighted by Gasteiger charge is 2.38. The second kappa shape index (κ2) is 11.9. The molecule has 4 rings (SSSR count). The Hall–Kier alpha value is -4.27. The van der Waals surface area contributed by atoms with Crippen LogP contribution in [-0.2, 0) is 11.3 Å². The van der Waals surface area contributed by atoms with E-state index in [0.29, 0.717) is 5.58 Å². The second-order valence-electron chi connectivity index (χ2n) is 7.37. The van der Waals surface area contributed by atoms with Crippen molar-refractivity contribution in [3.05, 3.63) is 93.4 Å². The van der Waals surface area contributed by atoms with Crippen molar-refractivity contribution in [2.45, 2.75) is 12.7 Å². The van der Waals surface area contributed by atoms with Crippen LogP contribution in [0.15, 0.2) is 65.1 Å². The van der Waals surface area contributed by atoms with Crippen LogP contribution in [0.1, 0.15) is 21.7 Å². The topological polar surface area (TPSA) is 113 Å². The number of carboxylic acids is 1. The number of halogens is 6. The van der Waals surface area contributed by atoms with Crippen molar-refractivity contribution in [2.24, 2.45) is 0 Å². The maximum absolute atomic E-state index is 15.0. The molecule has 2 N–H and O–H groups in total. The number of ether oxygens (including phenoxy) is 1. The first kappa shape index (κ1) is 28.3. The molecule has 38 heavy (non-hydrogen) atoms. The van der Waals surface area contributed by atoms with E-state index >= 15 is 4.39 Å². The lowest BCUT2D eigenvalue weighted by molar-refractivity contribution is -0.192. The average Bonchev–Trinajstić information content (AvgIpc) is 3.30. The monoisotopic (exact) mass is 568 g/mol. The zero-order valence-corrected chi connectivity index (χ0v) is 20.3. The van der Waals surface area contributed by atoms with Gasteiger partial charge in [0, 0.05) is 22.5 Å². The minimum absolute atomic E-state index is 0.0309. The molecule has 0 spiro atoms. The molecule has 1 amide bonds. The van der Waals surface area contributed by atoms with Gasteiger partial charge in [-0.2, -0.15) is 18.4 Å². The number of carbonyl (C=O) groups is 2. The van der Waals surface area contributed by atoms with Crippen LogP contribution < -0.4 is 10.1 Å². The summed E-state index contributed by atoms with van der Waals surface area (Å²) in [6.45, 7) is -0.117. The molecule has 1 aromatic heterocycles. The molecule has 0 bridgehead atoms. The van der Waals surface area contributed by atoms with Crippen molar-refractivity contribution in [1.29, 1.82) is 5.26 Å². The molecule has 0 unspecified atom stereocenters. The van der Waals surface area contributed by atoms with Crippen molar-refractivity contribution in [3.63, 3.8) is 0 Å². The van der Waals surface area contributed by atoms with Gasteiger partial charge < -0.3 is 19.6 Å². The summed E-state index contributed by atoms with van der Waals surface area (Å²) in [5.74, 6) is -3.93. The molecular formula is C25H14Cl2F4N2O5. The number of aliphatic carboxylic acids is 1. The zero-order chi connectivity index (χ0) is 28.0. The Kier molecular flexibility index (Phi) is 8.83. The molecule has 0 atom stereocenters. The predicted octanol–water partition coefficient (Wildman–Crippen LogP) is 7.11. The first-order valence-corrected chi connectivity index (χ1v) is 11.1. The number of furan rings is 1. The maximum atomic E-state index is 15.0. The fraction of sp³-hybridized carbons (Fsp3) is 0.0800. The van der Waals surface area contributed by atoms with Crippen LogP contribution in [0.2, 0.25) is 10.0 Å². The Morgan fingerprint density at radius 3 is 2.39 bits per heavy atom. The summed E-state index contributed by atoms with van der Waals surface area (Å²) in [6, 6.07) is 18.0. The smallest absolute Gasteiger partial charge is 0.475 e. The number of hydrogen-bond donors (Lipinski definition) is 2. The van der Waals surface area contributed by atoms with Crippen molar-refractivity contribution >= 4 is 46.0 Å². The molecule has 0 aliphatic heterocycles. The van der Waals surface area contributed by atoms with E-state index in [-0.39, 0.29) is 45.0 Å². The van der Waals surface area contributed by atoms with Crippen LogP contribution >= 0.6 is 23.2 Å². The largest absolute Gasteiger partial charge is 0.490 e. The highest BCUT2D eigenvalue weighted by molar-refractivity contribution is 6.32. The lowest BCUT2D eigenvalue weighted by Gasteiger charge is -2.13. The lowest BCUT2D eigenvalue weighted by Crippen LogP contribution is -2.22. The minimum atomic E-state index is -5.08. The van der Waals surface area contributed by atoms with Gasteiger partial charge in [-0.3, -0.25) is 4.79 Å². The molecule has 0 saturated carbocycles. The molecule has 7 nitrogen and oxygen atoms in total. The van der Waals surface area contributed by atoms with E-state index in [4.69, 9.17) is 47.5 Å². The SMILES string of the molecule is N#Cc1cc(Cl)cc(Oc2c(Cl)ccc(CNC(=O)c3cc4ccccc4o3)c2F)c1.O=C(O)C(F)(F)F. The van der Waals surface area contributed by atoms with Crippen molar-refractivity contribution < 1.29 is 41.4 Å². The van der Waals surface area contributed by atoms with Gasteiger partial charge in [0.25, 0.3) is 5.91 Å². The number of fused-ring (bicyclic) bond motifs is 1. The summed E-state index contributed by atoms with van der Waals surface area (Å²) in [4.78, 5) is 21.3. The summed E-state index contributed by atoms with van der Waals surface area (Å²) >= 11 is 12.1. The molecule has 4 aromatic rings. The summed E-state index contributed by atoms with van der Waals surface area (Å²) in [5.41, 5.74) is 0.999. The normalized spacial score (nSPS) is 10.8. The first-order valence-electron chi connectivity index (χ1n) is 10.3. The Morgan fingerprint density at radius 2 is 1.76 bits per heavy atom. The van der Waals surface area contributed by atoms with Crippen LogP contribution in [0.4, 0.5) is 17.6 Å². The number of carboxylic acid groups (broad SMARTS) is 1. The highest BCUT2D eigenvalue weighted by Crippen LogP contribution is 2.35. The molecule has 0 aliphatic rings. The Balaban J connectivity index is 0.000000505. The summed E-state index contributed by atoms with van der Waals surface area (Å²) in [5, 5.41) is 19.9. The van der Waals surface area contributed by atoms with Crippen LogP contribution in [-0.4, -0.2) is 23.2 Å². The molecule has 3 aromatic carbocycles. The molecule has 196 valence electrons. The number of nitriles is 1. The summed E-state index contributed by atoms with van der Waals surface area (Å²) in [7, 11) is 0. The van der Waals surface area contributed by atoms with E-state index in [1.54, 1.807) is 18.2 Å². The Morgan fingerprint density at radius 1 is 1.08 bits per heavy atom. The van der Waals surface area contributed by atoms with Gasteiger partial charge in [0.05, 0.1) is 16.7 Å². The first-order chi connectivity index (χ1) is 17.9. The van der Waals surface area contributed by atoms with E-state index in [1.807, 2.05) is 18.2 Å². The molecule has 1 heterocycles. The minimum Gasteiger partial charge on any atom is -0.475 e. The highest BCUT2D eigenvalue weighted by atomic mass is 35.5. The van der Waals surface area contributed by atoms with Gasteiger partial charge in [-0.15, -0.1) is 0 Å². The van der Waals surface area contributed by atoms with Gasteiger partial charge in [0.1, 0.15) is 11.3 Å². The number of nitrogens with zero attached hydrogens (tertiary/aromatic N) is 1. The standard InChI is InChI=1S/C23H13Cl2FN2O3.C2HF3O2/c24-16-7-13(11-27)8-17(10-16)30-22-18(25)6-5-15(21(22)26)12-28-23(29)20-9-14-3-1-2-4-19(14)31-20;3-2(4,5)1(6)7/h1-10H,12H2,(H,28,29);(H,6,7). The van der Waals surface area contributed by atoms with E-state index in [1.165, 1.54) is 30.3 Å². The molecule has 0 fully saturated rings. The third-order valence-corrected chi connectivity index (χ3v) is 5.20. The van der Waals surface area contributed by atoms with Crippen LogP contribution in [0.25, 0.3) is 11.0 Å². The van der Waals surface area contributed by atoms with Gasteiger partial charge in [-0.05, 0) is 36.4 Å². The van der Waals surface area contributed by atoms with Gasteiger partial charge in [0.15, 0.2) is 17.3 Å². The Bertz CT molecular complexity index is 1510. The number of amides is 1. The zero-order valence-electron chi connectivity index (χ0n) is 18.8. The van der Waals surface area contributed by atoms with Crippen molar-refractivity contribution in [2.75, 3.05) is 0 Å².